The van der Waals surface area contributed by atoms with Crippen LogP contribution in [0.4, 0.5) is 11.4 Å². The summed E-state index contributed by atoms with van der Waals surface area (Å²) in [5.41, 5.74) is 4.57. The Morgan fingerprint density at radius 3 is 2.81 bits per heavy atom. The highest BCUT2D eigenvalue weighted by atomic mass is 79.9. The Morgan fingerprint density at radius 1 is 1.29 bits per heavy atom. The van der Waals surface area contributed by atoms with Crippen molar-refractivity contribution in [2.45, 2.75) is 51.0 Å². The fourth-order valence-corrected chi connectivity index (χ4v) is 5.20. The first-order valence-electron chi connectivity index (χ1n) is 10.5. The molecule has 2 aromatic carbocycles. The molecule has 0 saturated heterocycles. The molecule has 2 amide bonds. The van der Waals surface area contributed by atoms with Crippen LogP contribution in [0.3, 0.4) is 0 Å². The second-order valence-electron chi connectivity index (χ2n) is 8.06. The zero-order valence-electron chi connectivity index (χ0n) is 17.6. The topological polar surface area (TPSA) is 75.7 Å². The molecule has 4 rings (SSSR count). The minimum atomic E-state index is -0.359. The van der Waals surface area contributed by atoms with E-state index in [0.29, 0.717) is 19.3 Å². The summed E-state index contributed by atoms with van der Waals surface area (Å²) >= 11 is 3.52. The zero-order valence-corrected chi connectivity index (χ0v) is 19.2. The SMILES string of the molecule is CCCC(CC(=O)OC)N1C(=O)C(Cc2cc(Br)cc3c2CC(=O)N3)c2ccccc21. The number of anilines is 2. The third-order valence-corrected chi connectivity index (χ3v) is 6.52. The first-order valence-corrected chi connectivity index (χ1v) is 11.3. The smallest absolute Gasteiger partial charge is 0.307 e. The number of hydrogen-bond donors (Lipinski definition) is 1. The van der Waals surface area contributed by atoms with Crippen molar-refractivity contribution in [1.82, 2.24) is 0 Å². The molecule has 1 N–H and O–H groups in total. The molecule has 162 valence electrons. The first kappa shape index (κ1) is 21.6. The van der Waals surface area contributed by atoms with Crippen molar-refractivity contribution < 1.29 is 19.1 Å². The molecule has 2 heterocycles. The molecule has 0 saturated carbocycles. The van der Waals surface area contributed by atoms with Crippen molar-refractivity contribution in [2.75, 3.05) is 17.3 Å². The van der Waals surface area contributed by atoms with Crippen LogP contribution in [-0.2, 0) is 32.0 Å². The number of benzene rings is 2. The van der Waals surface area contributed by atoms with E-state index in [1.165, 1.54) is 7.11 Å². The summed E-state index contributed by atoms with van der Waals surface area (Å²) in [6.45, 7) is 2.04. The molecule has 2 atom stereocenters. The quantitative estimate of drug-likeness (QED) is 0.592. The average molecular weight is 485 g/mol. The third kappa shape index (κ3) is 4.11. The van der Waals surface area contributed by atoms with Crippen LogP contribution in [0.1, 0.15) is 48.8 Å². The molecule has 0 radical (unpaired) electrons. The summed E-state index contributed by atoms with van der Waals surface area (Å²) in [4.78, 5) is 39.5. The predicted molar refractivity (Wildman–Crippen MR) is 122 cm³/mol. The molecule has 0 aliphatic carbocycles. The van der Waals surface area contributed by atoms with Crippen LogP contribution in [0.25, 0.3) is 0 Å². The van der Waals surface area contributed by atoms with E-state index in [-0.39, 0.29) is 36.2 Å². The maximum Gasteiger partial charge on any atom is 0.307 e. The van der Waals surface area contributed by atoms with E-state index in [4.69, 9.17) is 4.74 Å². The Kier molecular flexibility index (Phi) is 6.14. The van der Waals surface area contributed by atoms with Gasteiger partial charge >= 0.3 is 5.97 Å². The van der Waals surface area contributed by atoms with Crippen LogP contribution in [0, 0.1) is 0 Å². The summed E-state index contributed by atoms with van der Waals surface area (Å²) in [5, 5.41) is 2.89. The molecule has 2 unspecified atom stereocenters. The van der Waals surface area contributed by atoms with Crippen molar-refractivity contribution in [3.8, 4) is 0 Å². The van der Waals surface area contributed by atoms with E-state index >= 15 is 0 Å². The Labute approximate surface area is 190 Å². The highest BCUT2D eigenvalue weighted by molar-refractivity contribution is 9.10. The number of hydrogen-bond acceptors (Lipinski definition) is 4. The molecule has 2 aliphatic heterocycles. The van der Waals surface area contributed by atoms with Crippen LogP contribution in [-0.4, -0.2) is 30.9 Å². The van der Waals surface area contributed by atoms with Crippen molar-refractivity contribution in [3.05, 3.63) is 57.6 Å². The number of methoxy groups -OCH3 is 1. The number of fused-ring (bicyclic) bond motifs is 2. The van der Waals surface area contributed by atoms with E-state index < -0.39 is 0 Å². The van der Waals surface area contributed by atoms with Crippen molar-refractivity contribution in [1.29, 1.82) is 0 Å². The molecule has 0 spiro atoms. The number of rotatable bonds is 7. The molecule has 31 heavy (non-hydrogen) atoms. The third-order valence-electron chi connectivity index (χ3n) is 6.07. The van der Waals surface area contributed by atoms with Crippen molar-refractivity contribution in [2.24, 2.45) is 0 Å². The van der Waals surface area contributed by atoms with Gasteiger partial charge in [0.05, 0.1) is 25.9 Å². The van der Waals surface area contributed by atoms with Gasteiger partial charge in [0.1, 0.15) is 0 Å². The van der Waals surface area contributed by atoms with Crippen LogP contribution in [0.5, 0.6) is 0 Å². The molecule has 2 aromatic rings. The molecule has 2 aliphatic rings. The standard InChI is InChI=1S/C24H25BrN2O4/c1-3-6-16(12-23(29)31-2)27-21-8-5-4-7-17(21)19(24(27)30)10-14-9-15(25)11-20-18(14)13-22(28)26-20/h4-5,7-9,11,16,19H,3,6,10,12-13H2,1-2H3,(H,26,28). The highest BCUT2D eigenvalue weighted by Crippen LogP contribution is 2.43. The monoisotopic (exact) mass is 484 g/mol. The first-order chi connectivity index (χ1) is 14.9. The van der Waals surface area contributed by atoms with Crippen LogP contribution in [0.2, 0.25) is 0 Å². The van der Waals surface area contributed by atoms with Crippen molar-refractivity contribution >= 4 is 45.1 Å². The number of esters is 1. The van der Waals surface area contributed by atoms with Gasteiger partial charge < -0.3 is 15.0 Å². The predicted octanol–water partition coefficient (Wildman–Crippen LogP) is 4.35. The number of nitrogens with one attached hydrogen (secondary N) is 1. The van der Waals surface area contributed by atoms with E-state index in [0.717, 1.165) is 39.0 Å². The number of carbonyl (C=O) groups excluding carboxylic acids is 3. The largest absolute Gasteiger partial charge is 0.469 e. The van der Waals surface area contributed by atoms with Crippen molar-refractivity contribution in [3.63, 3.8) is 0 Å². The van der Waals surface area contributed by atoms with Gasteiger partial charge in [0.25, 0.3) is 0 Å². The lowest BCUT2D eigenvalue weighted by atomic mass is 9.90. The number of ether oxygens (including phenoxy) is 1. The number of nitrogens with zero attached hydrogens (tertiary/aromatic N) is 1. The molecule has 0 aromatic heterocycles. The van der Waals surface area contributed by atoms with E-state index in [2.05, 4.69) is 21.2 Å². The molecule has 0 bridgehead atoms. The Hall–Kier alpha value is -2.67. The summed E-state index contributed by atoms with van der Waals surface area (Å²) in [6, 6.07) is 11.4. The van der Waals surface area contributed by atoms with Gasteiger partial charge in [-0.15, -0.1) is 0 Å². The van der Waals surface area contributed by atoms with Crippen LogP contribution in [0.15, 0.2) is 40.9 Å². The second kappa shape index (κ2) is 8.83. The normalized spacial score (nSPS) is 17.9. The van der Waals surface area contributed by atoms with Gasteiger partial charge in [-0.25, -0.2) is 0 Å². The fraction of sp³-hybridized carbons (Fsp3) is 0.375. The van der Waals surface area contributed by atoms with E-state index in [1.54, 1.807) is 4.90 Å². The maximum atomic E-state index is 13.7. The Morgan fingerprint density at radius 2 is 2.06 bits per heavy atom. The minimum absolute atomic E-state index is 0.00504. The van der Waals surface area contributed by atoms with Gasteiger partial charge in [-0.05, 0) is 47.7 Å². The van der Waals surface area contributed by atoms with Gasteiger partial charge in [0, 0.05) is 21.9 Å². The number of carbonyl (C=O) groups is 3. The van der Waals surface area contributed by atoms with Crippen LogP contribution < -0.4 is 10.2 Å². The molecular weight excluding hydrogens is 460 g/mol. The lowest BCUT2D eigenvalue weighted by molar-refractivity contribution is -0.141. The maximum absolute atomic E-state index is 13.7. The average Bonchev–Trinajstić information content (AvgIpc) is 3.24. The van der Waals surface area contributed by atoms with Gasteiger partial charge in [0.2, 0.25) is 11.8 Å². The number of halogens is 1. The van der Waals surface area contributed by atoms with Gasteiger partial charge in [-0.2, -0.15) is 0 Å². The van der Waals surface area contributed by atoms with E-state index in [1.807, 2.05) is 43.3 Å². The van der Waals surface area contributed by atoms with E-state index in [9.17, 15) is 14.4 Å². The number of amides is 2. The molecule has 6 nitrogen and oxygen atoms in total. The zero-order chi connectivity index (χ0) is 22.1. The van der Waals surface area contributed by atoms with Crippen LogP contribution >= 0.6 is 15.9 Å². The lowest BCUT2D eigenvalue weighted by Gasteiger charge is -2.28. The lowest BCUT2D eigenvalue weighted by Crippen LogP contribution is -2.40. The summed E-state index contributed by atoms with van der Waals surface area (Å²) in [5.74, 6) is -0.714. The summed E-state index contributed by atoms with van der Waals surface area (Å²) < 4.78 is 5.75. The Balaban J connectivity index is 1.70. The summed E-state index contributed by atoms with van der Waals surface area (Å²) in [7, 11) is 1.37. The minimum Gasteiger partial charge on any atom is -0.469 e. The molecule has 0 fully saturated rings. The number of para-hydroxylation sites is 1. The molecule has 7 heteroatoms. The Bertz CT molecular complexity index is 1050. The second-order valence-corrected chi connectivity index (χ2v) is 8.98. The molecular formula is C24H25BrN2O4. The summed E-state index contributed by atoms with van der Waals surface area (Å²) in [6.07, 6.45) is 2.56. The highest BCUT2D eigenvalue weighted by Gasteiger charge is 2.41. The van der Waals surface area contributed by atoms with Gasteiger partial charge in [0.15, 0.2) is 0 Å². The van der Waals surface area contributed by atoms with Gasteiger partial charge in [-0.1, -0.05) is 47.5 Å². The van der Waals surface area contributed by atoms with Gasteiger partial charge in [-0.3, -0.25) is 14.4 Å². The fourth-order valence-electron chi connectivity index (χ4n) is 4.70.